The standard InChI is InChI=1S/C22H22N6O3/c1-23-21(30)18-9-16(20(29)25-7-5-14-10-26-27-11-14)13-28(22(18)31)12-15-3-2-4-19-17(15)6-8-24-19/h2-4,6,8-11,13,24H,5,7,12H2,1H3,(H,23,30)(H,25,29)(H,26,27). The maximum absolute atomic E-state index is 12.9. The lowest BCUT2D eigenvalue weighted by Gasteiger charge is -2.12. The van der Waals surface area contributed by atoms with Gasteiger partial charge in [0.2, 0.25) is 0 Å². The number of nitrogens with one attached hydrogen (secondary N) is 4. The molecule has 31 heavy (non-hydrogen) atoms. The van der Waals surface area contributed by atoms with Crippen molar-refractivity contribution in [2.75, 3.05) is 13.6 Å². The van der Waals surface area contributed by atoms with Crippen LogP contribution in [0.1, 0.15) is 31.8 Å². The molecule has 1 aromatic carbocycles. The summed E-state index contributed by atoms with van der Waals surface area (Å²) in [6.45, 7) is 0.629. The number of hydrogen-bond acceptors (Lipinski definition) is 4. The van der Waals surface area contributed by atoms with Gasteiger partial charge in [0.15, 0.2) is 0 Å². The van der Waals surface area contributed by atoms with E-state index in [0.29, 0.717) is 13.0 Å². The number of rotatable bonds is 7. The zero-order valence-electron chi connectivity index (χ0n) is 16.9. The summed E-state index contributed by atoms with van der Waals surface area (Å²) in [6, 6.07) is 9.02. The number of pyridine rings is 1. The van der Waals surface area contributed by atoms with E-state index in [0.717, 1.165) is 22.0 Å². The molecule has 0 fully saturated rings. The molecule has 9 heteroatoms. The second-order valence-electron chi connectivity index (χ2n) is 7.12. The summed E-state index contributed by atoms with van der Waals surface area (Å²) in [6.07, 6.45) is 7.39. The summed E-state index contributed by atoms with van der Waals surface area (Å²) < 4.78 is 1.40. The van der Waals surface area contributed by atoms with Gasteiger partial charge in [0.05, 0.1) is 18.3 Å². The molecule has 0 unspecified atom stereocenters. The maximum atomic E-state index is 12.9. The van der Waals surface area contributed by atoms with Crippen LogP contribution in [0.15, 0.2) is 59.9 Å². The van der Waals surface area contributed by atoms with Gasteiger partial charge in [-0.25, -0.2) is 0 Å². The van der Waals surface area contributed by atoms with Crippen LogP contribution in [0.25, 0.3) is 10.9 Å². The van der Waals surface area contributed by atoms with E-state index >= 15 is 0 Å². The first-order valence-corrected chi connectivity index (χ1v) is 9.84. The largest absolute Gasteiger partial charge is 0.361 e. The quantitative estimate of drug-likeness (QED) is 0.362. The fraction of sp³-hybridized carbons (Fsp3) is 0.182. The van der Waals surface area contributed by atoms with Crippen LogP contribution in [0.3, 0.4) is 0 Å². The number of carbonyl (C=O) groups excluding carboxylic acids is 2. The van der Waals surface area contributed by atoms with Gasteiger partial charge in [-0.1, -0.05) is 12.1 Å². The van der Waals surface area contributed by atoms with Gasteiger partial charge in [0.25, 0.3) is 17.4 Å². The van der Waals surface area contributed by atoms with Crippen LogP contribution in [0.2, 0.25) is 0 Å². The Labute approximate surface area is 177 Å². The number of benzene rings is 1. The van der Waals surface area contributed by atoms with Crippen molar-refractivity contribution >= 4 is 22.7 Å². The number of hydrogen-bond donors (Lipinski definition) is 4. The molecule has 0 saturated carbocycles. The van der Waals surface area contributed by atoms with Gasteiger partial charge in [-0.05, 0) is 35.7 Å². The minimum Gasteiger partial charge on any atom is -0.361 e. The summed E-state index contributed by atoms with van der Waals surface area (Å²) in [5.41, 5.74) is 2.53. The monoisotopic (exact) mass is 418 g/mol. The van der Waals surface area contributed by atoms with Crippen LogP contribution < -0.4 is 16.2 Å². The van der Waals surface area contributed by atoms with Gasteiger partial charge >= 0.3 is 0 Å². The number of H-pyrrole nitrogens is 2. The Morgan fingerprint density at radius 1 is 1.19 bits per heavy atom. The molecule has 4 N–H and O–H groups in total. The molecule has 0 spiro atoms. The lowest BCUT2D eigenvalue weighted by molar-refractivity contribution is 0.0953. The fourth-order valence-corrected chi connectivity index (χ4v) is 3.48. The average Bonchev–Trinajstić information content (AvgIpc) is 3.47. The molecule has 0 aliphatic carbocycles. The van der Waals surface area contributed by atoms with Gasteiger partial charge in [-0.2, -0.15) is 5.10 Å². The number of carbonyl (C=O) groups is 2. The first-order valence-electron chi connectivity index (χ1n) is 9.84. The molecule has 0 aliphatic rings. The molecular formula is C22H22N6O3. The summed E-state index contributed by atoms with van der Waals surface area (Å²) in [4.78, 5) is 41.1. The van der Waals surface area contributed by atoms with Crippen molar-refractivity contribution in [2.45, 2.75) is 13.0 Å². The van der Waals surface area contributed by atoms with Crippen molar-refractivity contribution in [3.05, 3.63) is 87.7 Å². The highest BCUT2D eigenvalue weighted by Crippen LogP contribution is 2.18. The molecule has 9 nitrogen and oxygen atoms in total. The summed E-state index contributed by atoms with van der Waals surface area (Å²) in [5.74, 6) is -0.895. The highest BCUT2D eigenvalue weighted by Gasteiger charge is 2.17. The third kappa shape index (κ3) is 4.25. The van der Waals surface area contributed by atoms with E-state index in [9.17, 15) is 14.4 Å². The van der Waals surface area contributed by atoms with Gasteiger partial charge < -0.3 is 20.2 Å². The zero-order chi connectivity index (χ0) is 21.8. The Kier molecular flexibility index (Phi) is 5.65. The number of amides is 2. The molecule has 158 valence electrons. The summed E-state index contributed by atoms with van der Waals surface area (Å²) in [7, 11) is 1.45. The van der Waals surface area contributed by atoms with E-state index in [1.165, 1.54) is 23.9 Å². The average molecular weight is 418 g/mol. The third-order valence-electron chi connectivity index (χ3n) is 5.10. The second kappa shape index (κ2) is 8.70. The normalized spacial score (nSPS) is 10.9. The Morgan fingerprint density at radius 3 is 2.84 bits per heavy atom. The minimum absolute atomic E-state index is 0.0776. The highest BCUT2D eigenvalue weighted by atomic mass is 16.2. The van der Waals surface area contributed by atoms with Crippen molar-refractivity contribution in [1.82, 2.24) is 30.4 Å². The smallest absolute Gasteiger partial charge is 0.263 e. The summed E-state index contributed by atoms with van der Waals surface area (Å²) in [5, 5.41) is 12.9. The van der Waals surface area contributed by atoms with E-state index in [2.05, 4.69) is 25.8 Å². The van der Waals surface area contributed by atoms with Crippen molar-refractivity contribution in [2.24, 2.45) is 0 Å². The molecule has 2 amide bonds. The molecule has 0 atom stereocenters. The number of fused-ring (bicyclic) bond motifs is 1. The van der Waals surface area contributed by atoms with Crippen LogP contribution in [0.5, 0.6) is 0 Å². The molecule has 0 saturated heterocycles. The first-order chi connectivity index (χ1) is 15.1. The molecular weight excluding hydrogens is 396 g/mol. The molecule has 3 aromatic heterocycles. The van der Waals surface area contributed by atoms with Gasteiger partial charge in [0, 0.05) is 43.1 Å². The fourth-order valence-electron chi connectivity index (χ4n) is 3.48. The molecule has 4 rings (SSSR count). The van der Waals surface area contributed by atoms with E-state index in [1.807, 2.05) is 30.5 Å². The SMILES string of the molecule is CNC(=O)c1cc(C(=O)NCCc2cn[nH]c2)cn(Cc2cccc3[nH]ccc23)c1=O. The van der Waals surface area contributed by atoms with Gasteiger partial charge in [-0.3, -0.25) is 19.5 Å². The lowest BCUT2D eigenvalue weighted by atomic mass is 10.1. The lowest BCUT2D eigenvalue weighted by Crippen LogP contribution is -2.34. The number of aromatic nitrogens is 4. The topological polar surface area (TPSA) is 125 Å². The van der Waals surface area contributed by atoms with E-state index in [-0.39, 0.29) is 23.6 Å². The van der Waals surface area contributed by atoms with Crippen LogP contribution in [-0.2, 0) is 13.0 Å². The van der Waals surface area contributed by atoms with E-state index in [4.69, 9.17) is 0 Å². The zero-order valence-corrected chi connectivity index (χ0v) is 16.9. The predicted octanol–water partition coefficient (Wildman–Crippen LogP) is 1.43. The molecule has 3 heterocycles. The minimum atomic E-state index is -0.536. The van der Waals surface area contributed by atoms with Gasteiger partial charge in [-0.15, -0.1) is 0 Å². The number of nitrogens with zero attached hydrogens (tertiary/aromatic N) is 2. The van der Waals surface area contributed by atoms with Crippen LogP contribution in [0, 0.1) is 0 Å². The van der Waals surface area contributed by atoms with Gasteiger partial charge in [0.1, 0.15) is 5.56 Å². The van der Waals surface area contributed by atoms with Crippen molar-refractivity contribution in [1.29, 1.82) is 0 Å². The Hall–Kier alpha value is -4.14. The Balaban J connectivity index is 1.64. The van der Waals surface area contributed by atoms with Crippen LogP contribution >= 0.6 is 0 Å². The first kappa shape index (κ1) is 20.1. The second-order valence-corrected chi connectivity index (χ2v) is 7.12. The molecule has 0 radical (unpaired) electrons. The van der Waals surface area contributed by atoms with Crippen LogP contribution in [-0.4, -0.2) is 45.2 Å². The van der Waals surface area contributed by atoms with E-state index < -0.39 is 11.5 Å². The van der Waals surface area contributed by atoms with Crippen LogP contribution in [0.4, 0.5) is 0 Å². The third-order valence-corrected chi connectivity index (χ3v) is 5.10. The van der Waals surface area contributed by atoms with E-state index in [1.54, 1.807) is 12.4 Å². The molecule has 0 aliphatic heterocycles. The Morgan fingerprint density at radius 2 is 2.06 bits per heavy atom. The highest BCUT2D eigenvalue weighted by molar-refractivity contribution is 5.99. The number of aromatic amines is 2. The van der Waals surface area contributed by atoms with Crippen molar-refractivity contribution < 1.29 is 9.59 Å². The van der Waals surface area contributed by atoms with Crippen molar-refractivity contribution in [3.63, 3.8) is 0 Å². The predicted molar refractivity (Wildman–Crippen MR) is 116 cm³/mol. The van der Waals surface area contributed by atoms with Crippen molar-refractivity contribution in [3.8, 4) is 0 Å². The Bertz CT molecular complexity index is 1290. The molecule has 4 aromatic rings. The maximum Gasteiger partial charge on any atom is 0.263 e. The molecule has 0 bridgehead atoms. The summed E-state index contributed by atoms with van der Waals surface area (Å²) >= 11 is 0.